The molecule has 0 bridgehead atoms. The summed E-state index contributed by atoms with van der Waals surface area (Å²) in [5.41, 5.74) is 1.68. The van der Waals surface area contributed by atoms with E-state index in [4.69, 9.17) is 4.74 Å². The largest absolute Gasteiger partial charge is 0.494 e. The summed E-state index contributed by atoms with van der Waals surface area (Å²) in [6, 6.07) is 8.55. The predicted molar refractivity (Wildman–Crippen MR) is 56.2 cm³/mol. The van der Waals surface area contributed by atoms with Gasteiger partial charge in [-0.3, -0.25) is 4.98 Å². The van der Waals surface area contributed by atoms with Gasteiger partial charge in [0.15, 0.2) is 11.6 Å². The van der Waals surface area contributed by atoms with Crippen molar-refractivity contribution < 1.29 is 9.13 Å². The van der Waals surface area contributed by atoms with Gasteiger partial charge in [-0.15, -0.1) is 0 Å². The van der Waals surface area contributed by atoms with Crippen molar-refractivity contribution in [1.29, 1.82) is 0 Å². The molecule has 0 N–H and O–H groups in total. The molecule has 2 rings (SSSR count). The van der Waals surface area contributed by atoms with Gasteiger partial charge in [0.25, 0.3) is 0 Å². The van der Waals surface area contributed by atoms with E-state index in [1.165, 1.54) is 13.2 Å². The first-order chi connectivity index (χ1) is 7.31. The average molecular weight is 203 g/mol. The standard InChI is InChI=1S/C12H10FNO/c1-15-12-5-4-9(7-11(12)13)10-3-2-6-14-8-10/h2-8H,1H3. The van der Waals surface area contributed by atoms with Crippen molar-refractivity contribution in [3.8, 4) is 16.9 Å². The lowest BCUT2D eigenvalue weighted by Crippen LogP contribution is -1.88. The van der Waals surface area contributed by atoms with Crippen LogP contribution in [0.2, 0.25) is 0 Å². The second-order valence-corrected chi connectivity index (χ2v) is 3.09. The van der Waals surface area contributed by atoms with Gasteiger partial charge in [-0.05, 0) is 23.8 Å². The summed E-state index contributed by atoms with van der Waals surface area (Å²) in [5.74, 6) is -0.110. The Morgan fingerprint density at radius 1 is 1.20 bits per heavy atom. The van der Waals surface area contributed by atoms with E-state index in [1.807, 2.05) is 12.1 Å². The second-order valence-electron chi connectivity index (χ2n) is 3.09. The van der Waals surface area contributed by atoms with Crippen molar-refractivity contribution in [2.75, 3.05) is 7.11 Å². The molecule has 15 heavy (non-hydrogen) atoms. The molecule has 0 aliphatic heterocycles. The Hall–Kier alpha value is -1.90. The van der Waals surface area contributed by atoms with Crippen LogP contribution < -0.4 is 4.74 Å². The third-order valence-electron chi connectivity index (χ3n) is 2.15. The average Bonchev–Trinajstić information content (AvgIpc) is 2.30. The molecule has 3 heteroatoms. The lowest BCUT2D eigenvalue weighted by atomic mass is 10.1. The van der Waals surface area contributed by atoms with Gasteiger partial charge < -0.3 is 4.74 Å². The van der Waals surface area contributed by atoms with Crippen molar-refractivity contribution in [2.24, 2.45) is 0 Å². The van der Waals surface area contributed by atoms with E-state index < -0.39 is 0 Å². The van der Waals surface area contributed by atoms with E-state index in [9.17, 15) is 4.39 Å². The third kappa shape index (κ3) is 1.96. The molecule has 0 saturated heterocycles. The van der Waals surface area contributed by atoms with Crippen LogP contribution >= 0.6 is 0 Å². The SMILES string of the molecule is COc1ccc(-c2cccnc2)cc1F. The third-order valence-corrected chi connectivity index (χ3v) is 2.15. The van der Waals surface area contributed by atoms with Gasteiger partial charge in [0, 0.05) is 18.0 Å². The van der Waals surface area contributed by atoms with Crippen LogP contribution in [0.1, 0.15) is 0 Å². The van der Waals surface area contributed by atoms with Gasteiger partial charge in [-0.25, -0.2) is 4.39 Å². The minimum absolute atomic E-state index is 0.252. The number of halogens is 1. The Kier molecular flexibility index (Phi) is 2.63. The number of hydrogen-bond acceptors (Lipinski definition) is 2. The molecular formula is C12H10FNO. The zero-order valence-corrected chi connectivity index (χ0v) is 8.27. The summed E-state index contributed by atoms with van der Waals surface area (Å²) in [6.07, 6.45) is 3.38. The van der Waals surface area contributed by atoms with Crippen LogP contribution in [0, 0.1) is 5.82 Å². The van der Waals surface area contributed by atoms with Crippen molar-refractivity contribution in [3.05, 3.63) is 48.5 Å². The number of nitrogens with zero attached hydrogens (tertiary/aromatic N) is 1. The molecule has 1 aromatic heterocycles. The highest BCUT2D eigenvalue weighted by molar-refractivity contribution is 5.63. The molecular weight excluding hydrogens is 193 g/mol. The second kappa shape index (κ2) is 4.09. The predicted octanol–water partition coefficient (Wildman–Crippen LogP) is 2.90. The zero-order chi connectivity index (χ0) is 10.7. The molecule has 1 heterocycles. The minimum Gasteiger partial charge on any atom is -0.494 e. The fourth-order valence-corrected chi connectivity index (χ4v) is 1.38. The minimum atomic E-state index is -0.362. The molecule has 0 radical (unpaired) electrons. The van der Waals surface area contributed by atoms with Crippen molar-refractivity contribution >= 4 is 0 Å². The maximum atomic E-state index is 13.4. The fraction of sp³-hybridized carbons (Fsp3) is 0.0833. The Bertz CT molecular complexity index is 456. The van der Waals surface area contributed by atoms with Crippen LogP contribution in [0.4, 0.5) is 4.39 Å². The van der Waals surface area contributed by atoms with E-state index in [-0.39, 0.29) is 11.6 Å². The monoisotopic (exact) mass is 203 g/mol. The van der Waals surface area contributed by atoms with E-state index in [2.05, 4.69) is 4.98 Å². The van der Waals surface area contributed by atoms with Crippen LogP contribution in [-0.2, 0) is 0 Å². The van der Waals surface area contributed by atoms with Gasteiger partial charge in [-0.1, -0.05) is 12.1 Å². The topological polar surface area (TPSA) is 22.1 Å². The Morgan fingerprint density at radius 2 is 2.07 bits per heavy atom. The molecule has 0 unspecified atom stereocenters. The Balaban J connectivity index is 2.43. The van der Waals surface area contributed by atoms with Crippen molar-refractivity contribution in [2.45, 2.75) is 0 Å². The summed E-state index contributed by atoms with van der Waals surface area (Å²) in [6.45, 7) is 0. The molecule has 76 valence electrons. The van der Waals surface area contributed by atoms with Crippen LogP contribution in [0.3, 0.4) is 0 Å². The van der Waals surface area contributed by atoms with Crippen molar-refractivity contribution in [3.63, 3.8) is 0 Å². The number of methoxy groups -OCH3 is 1. The molecule has 0 saturated carbocycles. The number of benzene rings is 1. The van der Waals surface area contributed by atoms with Gasteiger partial charge in [-0.2, -0.15) is 0 Å². The first kappa shape index (κ1) is 9.65. The first-order valence-electron chi connectivity index (χ1n) is 4.55. The normalized spacial score (nSPS) is 10.0. The zero-order valence-electron chi connectivity index (χ0n) is 8.27. The summed E-state index contributed by atoms with van der Waals surface area (Å²) in [4.78, 5) is 3.98. The Morgan fingerprint density at radius 3 is 2.67 bits per heavy atom. The molecule has 0 aliphatic carbocycles. The van der Waals surface area contributed by atoms with Crippen LogP contribution in [0.5, 0.6) is 5.75 Å². The number of rotatable bonds is 2. The van der Waals surface area contributed by atoms with Crippen molar-refractivity contribution in [1.82, 2.24) is 4.98 Å². The fourth-order valence-electron chi connectivity index (χ4n) is 1.38. The van der Waals surface area contributed by atoms with Gasteiger partial charge >= 0.3 is 0 Å². The number of pyridine rings is 1. The quantitative estimate of drug-likeness (QED) is 0.748. The highest BCUT2D eigenvalue weighted by Crippen LogP contribution is 2.24. The van der Waals surface area contributed by atoms with Gasteiger partial charge in [0.1, 0.15) is 0 Å². The lowest BCUT2D eigenvalue weighted by Gasteiger charge is -2.04. The molecule has 1 aromatic carbocycles. The van der Waals surface area contributed by atoms with E-state index >= 15 is 0 Å². The summed E-state index contributed by atoms with van der Waals surface area (Å²) < 4.78 is 18.2. The summed E-state index contributed by atoms with van der Waals surface area (Å²) in [5, 5.41) is 0. The molecule has 2 aromatic rings. The maximum absolute atomic E-state index is 13.4. The molecule has 0 aliphatic rings. The first-order valence-corrected chi connectivity index (χ1v) is 4.55. The van der Waals surface area contributed by atoms with Gasteiger partial charge in [0.05, 0.1) is 7.11 Å². The number of aromatic nitrogens is 1. The molecule has 0 spiro atoms. The molecule has 0 amide bonds. The molecule has 0 fully saturated rings. The summed E-state index contributed by atoms with van der Waals surface area (Å²) in [7, 11) is 1.45. The number of hydrogen-bond donors (Lipinski definition) is 0. The highest BCUT2D eigenvalue weighted by atomic mass is 19.1. The van der Waals surface area contributed by atoms with Gasteiger partial charge in [0.2, 0.25) is 0 Å². The maximum Gasteiger partial charge on any atom is 0.165 e. The highest BCUT2D eigenvalue weighted by Gasteiger charge is 2.04. The van der Waals surface area contributed by atoms with Crippen LogP contribution in [-0.4, -0.2) is 12.1 Å². The number of ether oxygens (including phenoxy) is 1. The smallest absolute Gasteiger partial charge is 0.165 e. The van der Waals surface area contributed by atoms with E-state index in [0.717, 1.165) is 11.1 Å². The van der Waals surface area contributed by atoms with Crippen LogP contribution in [0.25, 0.3) is 11.1 Å². The van der Waals surface area contributed by atoms with Crippen LogP contribution in [0.15, 0.2) is 42.7 Å². The molecule has 2 nitrogen and oxygen atoms in total. The summed E-state index contributed by atoms with van der Waals surface area (Å²) >= 11 is 0. The molecule has 0 atom stereocenters. The van der Waals surface area contributed by atoms with E-state index in [1.54, 1.807) is 24.5 Å². The van der Waals surface area contributed by atoms with E-state index in [0.29, 0.717) is 0 Å². The Labute approximate surface area is 87.4 Å². The lowest BCUT2D eigenvalue weighted by molar-refractivity contribution is 0.386.